The van der Waals surface area contributed by atoms with Crippen LogP contribution in [0.4, 0.5) is 5.69 Å². The number of carbonyl (C=O) groups excluding carboxylic acids is 2. The monoisotopic (exact) mass is 286 g/mol. The van der Waals surface area contributed by atoms with Gasteiger partial charge in [-0.25, -0.2) is 0 Å². The highest BCUT2D eigenvalue weighted by Crippen LogP contribution is 2.33. The molecule has 0 bridgehead atoms. The van der Waals surface area contributed by atoms with Crippen molar-refractivity contribution in [1.82, 2.24) is 5.32 Å². The number of anilines is 1. The summed E-state index contributed by atoms with van der Waals surface area (Å²) in [4.78, 5) is 26.4. The first-order valence-electron chi connectivity index (χ1n) is 7.84. The number of ketones is 1. The number of Topliss-reactive ketones (excluding diaryl/α,β-unsaturated/α-hetero) is 1. The lowest BCUT2D eigenvalue weighted by Gasteiger charge is -2.22. The predicted molar refractivity (Wildman–Crippen MR) is 82.7 cm³/mol. The number of fused-ring (bicyclic) bond motifs is 1. The summed E-state index contributed by atoms with van der Waals surface area (Å²) in [6.07, 6.45) is 3.33. The molecule has 1 aromatic carbocycles. The molecule has 0 radical (unpaired) electrons. The van der Waals surface area contributed by atoms with E-state index >= 15 is 0 Å². The molecule has 1 fully saturated rings. The summed E-state index contributed by atoms with van der Waals surface area (Å²) in [5.41, 5.74) is 2.87. The van der Waals surface area contributed by atoms with E-state index in [1.54, 1.807) is 0 Å². The van der Waals surface area contributed by atoms with E-state index < -0.39 is 0 Å². The number of hydrogen-bond donors (Lipinski definition) is 1. The van der Waals surface area contributed by atoms with E-state index in [1.807, 2.05) is 30.0 Å². The summed E-state index contributed by atoms with van der Waals surface area (Å²) in [7, 11) is 0. The maximum Gasteiger partial charge on any atom is 0.226 e. The SMILES string of the molecule is CCC(=O)N1c2ccc(C(=O)C3CCCN3)cc2CC1C. The predicted octanol–water partition coefficient (Wildman–Crippen LogP) is 2.31. The van der Waals surface area contributed by atoms with E-state index in [9.17, 15) is 9.59 Å². The third-order valence-corrected chi connectivity index (χ3v) is 4.53. The van der Waals surface area contributed by atoms with Crippen LogP contribution in [0, 0.1) is 0 Å². The number of nitrogens with one attached hydrogen (secondary N) is 1. The number of hydrogen-bond acceptors (Lipinski definition) is 3. The molecule has 0 aromatic heterocycles. The van der Waals surface area contributed by atoms with Gasteiger partial charge in [-0.2, -0.15) is 0 Å². The molecule has 2 aliphatic rings. The van der Waals surface area contributed by atoms with Gasteiger partial charge in [-0.15, -0.1) is 0 Å². The first kappa shape index (κ1) is 14.3. The molecule has 1 aromatic rings. The van der Waals surface area contributed by atoms with Crippen LogP contribution in [0.1, 0.15) is 49.0 Å². The van der Waals surface area contributed by atoms with Crippen LogP contribution in [-0.4, -0.2) is 30.3 Å². The van der Waals surface area contributed by atoms with Crippen LogP contribution < -0.4 is 10.2 Å². The number of amides is 1. The van der Waals surface area contributed by atoms with E-state index in [4.69, 9.17) is 0 Å². The zero-order valence-electron chi connectivity index (χ0n) is 12.7. The van der Waals surface area contributed by atoms with Crippen LogP contribution >= 0.6 is 0 Å². The number of benzene rings is 1. The fraction of sp³-hybridized carbons (Fsp3) is 0.529. The molecule has 3 rings (SSSR count). The summed E-state index contributed by atoms with van der Waals surface area (Å²) in [5.74, 6) is 0.334. The van der Waals surface area contributed by atoms with Crippen LogP contribution in [0.2, 0.25) is 0 Å². The summed E-state index contributed by atoms with van der Waals surface area (Å²) in [6.45, 7) is 4.88. The molecule has 0 spiro atoms. The molecule has 1 N–H and O–H groups in total. The molecule has 2 aliphatic heterocycles. The van der Waals surface area contributed by atoms with E-state index in [0.29, 0.717) is 6.42 Å². The lowest BCUT2D eigenvalue weighted by Crippen LogP contribution is -2.35. The Labute approximate surface area is 125 Å². The maximum atomic E-state index is 12.5. The van der Waals surface area contributed by atoms with E-state index in [-0.39, 0.29) is 23.8 Å². The quantitative estimate of drug-likeness (QED) is 0.868. The second-order valence-electron chi connectivity index (χ2n) is 6.03. The van der Waals surface area contributed by atoms with Crippen LogP contribution in [0.25, 0.3) is 0 Å². The summed E-state index contributed by atoms with van der Waals surface area (Å²) >= 11 is 0. The first-order chi connectivity index (χ1) is 10.1. The van der Waals surface area contributed by atoms with E-state index in [1.165, 1.54) is 0 Å². The van der Waals surface area contributed by atoms with Crippen molar-refractivity contribution < 1.29 is 9.59 Å². The normalized spacial score (nSPS) is 24.2. The van der Waals surface area contributed by atoms with Gasteiger partial charge in [-0.3, -0.25) is 9.59 Å². The molecule has 112 valence electrons. The highest BCUT2D eigenvalue weighted by molar-refractivity contribution is 6.02. The number of carbonyl (C=O) groups is 2. The lowest BCUT2D eigenvalue weighted by atomic mass is 9.99. The van der Waals surface area contributed by atoms with Gasteiger partial charge < -0.3 is 10.2 Å². The number of nitrogens with zero attached hydrogens (tertiary/aromatic N) is 1. The molecule has 1 saturated heterocycles. The maximum absolute atomic E-state index is 12.5. The van der Waals surface area contributed by atoms with Gasteiger partial charge in [0.25, 0.3) is 0 Å². The average Bonchev–Trinajstić information content (AvgIpc) is 3.11. The van der Waals surface area contributed by atoms with Crippen molar-refractivity contribution in [2.24, 2.45) is 0 Å². The molecule has 4 heteroatoms. The Morgan fingerprint density at radius 1 is 1.38 bits per heavy atom. The summed E-state index contributed by atoms with van der Waals surface area (Å²) in [6, 6.07) is 5.94. The minimum atomic E-state index is -0.0322. The molecular weight excluding hydrogens is 264 g/mol. The van der Waals surface area contributed by atoms with Crippen LogP contribution in [0.3, 0.4) is 0 Å². The average molecular weight is 286 g/mol. The van der Waals surface area contributed by atoms with Crippen molar-refractivity contribution in [1.29, 1.82) is 0 Å². The summed E-state index contributed by atoms with van der Waals surface area (Å²) in [5, 5.41) is 3.25. The Hall–Kier alpha value is -1.68. The second-order valence-corrected chi connectivity index (χ2v) is 6.03. The van der Waals surface area contributed by atoms with Crippen molar-refractivity contribution in [3.63, 3.8) is 0 Å². The molecule has 0 saturated carbocycles. The third kappa shape index (κ3) is 2.48. The molecular formula is C17H22N2O2. The van der Waals surface area contributed by atoms with Gasteiger partial charge in [0.05, 0.1) is 6.04 Å². The van der Waals surface area contributed by atoms with E-state index in [0.717, 1.165) is 42.6 Å². The van der Waals surface area contributed by atoms with Crippen molar-refractivity contribution in [2.45, 2.75) is 51.6 Å². The van der Waals surface area contributed by atoms with Gasteiger partial charge in [-0.1, -0.05) is 6.92 Å². The smallest absolute Gasteiger partial charge is 0.226 e. The van der Waals surface area contributed by atoms with Crippen LogP contribution in [0.5, 0.6) is 0 Å². The summed E-state index contributed by atoms with van der Waals surface area (Å²) < 4.78 is 0. The van der Waals surface area contributed by atoms with Gasteiger partial charge in [0.15, 0.2) is 5.78 Å². The highest BCUT2D eigenvalue weighted by Gasteiger charge is 2.31. The second kappa shape index (κ2) is 5.60. The molecule has 1 amide bonds. The Kier molecular flexibility index (Phi) is 3.81. The minimum Gasteiger partial charge on any atom is -0.309 e. The Bertz CT molecular complexity index is 576. The van der Waals surface area contributed by atoms with Crippen molar-refractivity contribution in [3.05, 3.63) is 29.3 Å². The molecule has 2 unspecified atom stereocenters. The highest BCUT2D eigenvalue weighted by atomic mass is 16.2. The third-order valence-electron chi connectivity index (χ3n) is 4.53. The standard InChI is InChI=1S/C17H22N2O2/c1-3-16(20)19-11(2)9-13-10-12(6-7-15(13)19)17(21)14-5-4-8-18-14/h6-7,10-11,14,18H,3-5,8-9H2,1-2H3. The lowest BCUT2D eigenvalue weighted by molar-refractivity contribution is -0.118. The minimum absolute atomic E-state index is 0.0322. The van der Waals surface area contributed by atoms with Gasteiger partial charge >= 0.3 is 0 Å². The van der Waals surface area contributed by atoms with Gasteiger partial charge in [0, 0.05) is 23.7 Å². The Morgan fingerprint density at radius 3 is 2.86 bits per heavy atom. The fourth-order valence-corrected chi connectivity index (χ4v) is 3.44. The fourth-order valence-electron chi connectivity index (χ4n) is 3.44. The zero-order chi connectivity index (χ0) is 15.0. The Balaban J connectivity index is 1.88. The van der Waals surface area contributed by atoms with Gasteiger partial charge in [0.1, 0.15) is 0 Å². The van der Waals surface area contributed by atoms with Gasteiger partial charge in [-0.05, 0) is 56.5 Å². The van der Waals surface area contributed by atoms with Crippen molar-refractivity contribution in [3.8, 4) is 0 Å². The molecule has 2 heterocycles. The largest absolute Gasteiger partial charge is 0.309 e. The van der Waals surface area contributed by atoms with E-state index in [2.05, 4.69) is 12.2 Å². The first-order valence-corrected chi connectivity index (χ1v) is 7.84. The zero-order valence-corrected chi connectivity index (χ0v) is 12.7. The van der Waals surface area contributed by atoms with Crippen LogP contribution in [-0.2, 0) is 11.2 Å². The molecule has 4 nitrogen and oxygen atoms in total. The van der Waals surface area contributed by atoms with Crippen molar-refractivity contribution in [2.75, 3.05) is 11.4 Å². The Morgan fingerprint density at radius 2 is 2.19 bits per heavy atom. The molecule has 0 aliphatic carbocycles. The topological polar surface area (TPSA) is 49.4 Å². The van der Waals surface area contributed by atoms with Crippen LogP contribution in [0.15, 0.2) is 18.2 Å². The number of rotatable bonds is 3. The van der Waals surface area contributed by atoms with Gasteiger partial charge in [0.2, 0.25) is 5.91 Å². The molecule has 21 heavy (non-hydrogen) atoms. The van der Waals surface area contributed by atoms with Crippen molar-refractivity contribution >= 4 is 17.4 Å². The molecule has 2 atom stereocenters.